The summed E-state index contributed by atoms with van der Waals surface area (Å²) in [7, 11) is 1.66. The molecule has 0 amide bonds. The van der Waals surface area contributed by atoms with Gasteiger partial charge in [0.25, 0.3) is 0 Å². The van der Waals surface area contributed by atoms with Crippen LogP contribution in [0.4, 0.5) is 5.82 Å². The van der Waals surface area contributed by atoms with E-state index in [2.05, 4.69) is 26.3 Å². The number of pyridine rings is 1. The van der Waals surface area contributed by atoms with Crippen LogP contribution in [-0.4, -0.2) is 39.2 Å². The topological polar surface area (TPSA) is 79.9 Å². The molecule has 2 aliphatic rings. The molecule has 2 aromatic rings. The van der Waals surface area contributed by atoms with Crippen LogP contribution >= 0.6 is 0 Å². The Bertz CT molecular complexity index is 752. The first kappa shape index (κ1) is 15.1. The third-order valence-electron chi connectivity index (χ3n) is 5.08. The number of fused-ring (bicyclic) bond motifs is 2. The summed E-state index contributed by atoms with van der Waals surface area (Å²) in [4.78, 5) is 6.86. The molecule has 124 valence electrons. The van der Waals surface area contributed by atoms with Crippen LogP contribution in [0, 0.1) is 11.3 Å². The summed E-state index contributed by atoms with van der Waals surface area (Å²) in [5.41, 5.74) is 1.53. The Morgan fingerprint density at radius 3 is 2.79 bits per heavy atom. The minimum atomic E-state index is 0.353. The van der Waals surface area contributed by atoms with Crippen LogP contribution in [0.5, 0.6) is 0 Å². The average Bonchev–Trinajstić information content (AvgIpc) is 3.17. The Hall–Kier alpha value is -2.46. The summed E-state index contributed by atoms with van der Waals surface area (Å²) in [6.45, 7) is 0.491. The van der Waals surface area contributed by atoms with Gasteiger partial charge in [-0.3, -0.25) is 0 Å². The second-order valence-corrected chi connectivity index (χ2v) is 6.53. The molecule has 2 unspecified atom stereocenters. The van der Waals surface area contributed by atoms with E-state index >= 15 is 0 Å². The van der Waals surface area contributed by atoms with Gasteiger partial charge >= 0.3 is 0 Å². The Morgan fingerprint density at radius 2 is 2.08 bits per heavy atom. The maximum absolute atomic E-state index is 9.37. The van der Waals surface area contributed by atoms with Gasteiger partial charge in [0.05, 0.1) is 24.4 Å². The third kappa shape index (κ3) is 2.53. The molecular weight excluding hydrogens is 304 g/mol. The van der Waals surface area contributed by atoms with Gasteiger partial charge in [0, 0.05) is 25.4 Å². The third-order valence-corrected chi connectivity index (χ3v) is 5.08. The minimum absolute atomic E-state index is 0.353. The zero-order valence-electron chi connectivity index (χ0n) is 13.7. The summed E-state index contributed by atoms with van der Waals surface area (Å²) in [6.07, 6.45) is 8.06. The number of rotatable bonds is 4. The maximum atomic E-state index is 9.37. The summed E-state index contributed by atoms with van der Waals surface area (Å²) in [6, 6.07) is 7.12. The zero-order valence-corrected chi connectivity index (χ0v) is 13.7. The summed E-state index contributed by atoms with van der Waals surface area (Å²) >= 11 is 0. The molecule has 4 rings (SSSR count). The fourth-order valence-electron chi connectivity index (χ4n) is 4.11. The van der Waals surface area contributed by atoms with Crippen molar-refractivity contribution in [3.63, 3.8) is 0 Å². The number of ether oxygens (including phenoxy) is 1. The normalized spacial score (nSPS) is 25.7. The molecule has 4 heterocycles. The molecule has 0 aliphatic carbocycles. The molecular formula is C17H20N6O. The van der Waals surface area contributed by atoms with Gasteiger partial charge in [0.2, 0.25) is 0 Å². The lowest BCUT2D eigenvalue weighted by Gasteiger charge is -2.39. The van der Waals surface area contributed by atoms with E-state index in [1.54, 1.807) is 13.3 Å². The van der Waals surface area contributed by atoms with Gasteiger partial charge in [-0.05, 0) is 37.8 Å². The Morgan fingerprint density at radius 1 is 1.29 bits per heavy atom. The quantitative estimate of drug-likeness (QED) is 0.856. The molecule has 2 saturated heterocycles. The van der Waals surface area contributed by atoms with Crippen molar-refractivity contribution in [2.45, 2.75) is 50.4 Å². The van der Waals surface area contributed by atoms with Crippen molar-refractivity contribution in [3.8, 4) is 6.07 Å². The van der Waals surface area contributed by atoms with Crippen LogP contribution in [0.2, 0.25) is 0 Å². The molecule has 2 aliphatic heterocycles. The molecule has 2 fully saturated rings. The second-order valence-electron chi connectivity index (χ2n) is 6.53. The molecule has 0 aromatic carbocycles. The standard InChI is InChI=1S/C17H20N6O/c1-24-11-13-10-22(21-20-13)16-7-14-4-5-15(8-16)23(14)17-12(9-18)3-2-6-19-17/h2-3,6,10,14-16H,4-5,7-8,11H2,1H3. The van der Waals surface area contributed by atoms with Crippen molar-refractivity contribution in [2.24, 2.45) is 0 Å². The van der Waals surface area contributed by atoms with E-state index in [-0.39, 0.29) is 0 Å². The van der Waals surface area contributed by atoms with Crippen LogP contribution in [0.15, 0.2) is 24.5 Å². The summed E-state index contributed by atoms with van der Waals surface area (Å²) < 4.78 is 7.11. The number of hydrogen-bond donors (Lipinski definition) is 0. The molecule has 0 spiro atoms. The van der Waals surface area contributed by atoms with Gasteiger partial charge in [0.1, 0.15) is 17.6 Å². The summed E-state index contributed by atoms with van der Waals surface area (Å²) in [5.74, 6) is 0.838. The predicted molar refractivity (Wildman–Crippen MR) is 87.2 cm³/mol. The molecule has 2 atom stereocenters. The van der Waals surface area contributed by atoms with Gasteiger partial charge in [-0.2, -0.15) is 5.26 Å². The van der Waals surface area contributed by atoms with Crippen LogP contribution < -0.4 is 4.90 Å². The minimum Gasteiger partial charge on any atom is -0.378 e. The lowest BCUT2D eigenvalue weighted by atomic mass is 9.97. The highest BCUT2D eigenvalue weighted by molar-refractivity contribution is 5.56. The summed E-state index contributed by atoms with van der Waals surface area (Å²) in [5, 5.41) is 17.8. The van der Waals surface area contributed by atoms with E-state index in [4.69, 9.17) is 4.74 Å². The molecule has 7 heteroatoms. The van der Waals surface area contributed by atoms with Crippen molar-refractivity contribution in [3.05, 3.63) is 35.8 Å². The van der Waals surface area contributed by atoms with Gasteiger partial charge in [-0.25, -0.2) is 9.67 Å². The van der Waals surface area contributed by atoms with E-state index in [9.17, 15) is 5.26 Å². The van der Waals surface area contributed by atoms with Crippen molar-refractivity contribution in [1.29, 1.82) is 5.26 Å². The number of anilines is 1. The highest BCUT2D eigenvalue weighted by atomic mass is 16.5. The van der Waals surface area contributed by atoms with Crippen LogP contribution in [0.25, 0.3) is 0 Å². The number of methoxy groups -OCH3 is 1. The maximum Gasteiger partial charge on any atom is 0.146 e. The van der Waals surface area contributed by atoms with E-state index in [1.807, 2.05) is 23.0 Å². The Kier molecular flexibility index (Phi) is 3.90. The molecule has 7 nitrogen and oxygen atoms in total. The zero-order chi connectivity index (χ0) is 16.5. The molecule has 0 saturated carbocycles. The van der Waals surface area contributed by atoms with E-state index in [1.165, 1.54) is 0 Å². The number of hydrogen-bond acceptors (Lipinski definition) is 6. The first-order chi connectivity index (χ1) is 11.8. The van der Waals surface area contributed by atoms with Crippen LogP contribution in [-0.2, 0) is 11.3 Å². The molecule has 0 radical (unpaired) electrons. The van der Waals surface area contributed by atoms with E-state index in [0.717, 1.165) is 37.2 Å². The van der Waals surface area contributed by atoms with Gasteiger partial charge in [-0.15, -0.1) is 5.10 Å². The lowest BCUT2D eigenvalue weighted by Crippen LogP contribution is -2.44. The van der Waals surface area contributed by atoms with Crippen LogP contribution in [0.1, 0.15) is 43.0 Å². The smallest absolute Gasteiger partial charge is 0.146 e. The van der Waals surface area contributed by atoms with Crippen molar-refractivity contribution < 1.29 is 4.74 Å². The van der Waals surface area contributed by atoms with Crippen LogP contribution in [0.3, 0.4) is 0 Å². The number of aromatic nitrogens is 4. The second kappa shape index (κ2) is 6.21. The Balaban J connectivity index is 1.56. The molecule has 0 N–H and O–H groups in total. The fraction of sp³-hybridized carbons (Fsp3) is 0.529. The SMILES string of the molecule is COCc1cn(C2CC3CCC(C2)N3c2ncccc2C#N)nn1. The van der Waals surface area contributed by atoms with E-state index in [0.29, 0.717) is 30.3 Å². The number of nitriles is 1. The van der Waals surface area contributed by atoms with Crippen molar-refractivity contribution in [1.82, 2.24) is 20.0 Å². The number of piperidine rings is 1. The fourth-order valence-corrected chi connectivity index (χ4v) is 4.11. The largest absolute Gasteiger partial charge is 0.378 e. The average molecular weight is 324 g/mol. The molecule has 24 heavy (non-hydrogen) atoms. The molecule has 2 bridgehead atoms. The van der Waals surface area contributed by atoms with Gasteiger partial charge in [0.15, 0.2) is 0 Å². The van der Waals surface area contributed by atoms with Crippen molar-refractivity contribution >= 4 is 5.82 Å². The first-order valence-electron chi connectivity index (χ1n) is 8.33. The monoisotopic (exact) mass is 324 g/mol. The number of nitrogens with zero attached hydrogens (tertiary/aromatic N) is 6. The molecule has 2 aromatic heterocycles. The predicted octanol–water partition coefficient (Wildman–Crippen LogP) is 2.06. The lowest BCUT2D eigenvalue weighted by molar-refractivity contribution is 0.181. The highest BCUT2D eigenvalue weighted by Crippen LogP contribution is 2.43. The van der Waals surface area contributed by atoms with Gasteiger partial charge in [-0.1, -0.05) is 5.21 Å². The highest BCUT2D eigenvalue weighted by Gasteiger charge is 2.43. The van der Waals surface area contributed by atoms with E-state index < -0.39 is 0 Å². The Labute approximate surface area is 140 Å². The van der Waals surface area contributed by atoms with Crippen molar-refractivity contribution in [2.75, 3.05) is 12.0 Å². The van der Waals surface area contributed by atoms with Gasteiger partial charge < -0.3 is 9.64 Å². The first-order valence-corrected chi connectivity index (χ1v) is 8.33.